The van der Waals surface area contributed by atoms with Crippen LogP contribution in [0.5, 0.6) is 0 Å². The van der Waals surface area contributed by atoms with Gasteiger partial charge in [-0.2, -0.15) is 0 Å². The van der Waals surface area contributed by atoms with E-state index >= 15 is 0 Å². The number of amides is 3. The molecule has 10 heteroatoms. The molecule has 0 aromatic rings. The van der Waals surface area contributed by atoms with Crippen molar-refractivity contribution in [3.63, 3.8) is 0 Å². The molecule has 3 amide bonds. The van der Waals surface area contributed by atoms with Crippen molar-refractivity contribution in [2.24, 2.45) is 5.41 Å². The maximum atomic E-state index is 13.3. The zero-order valence-corrected chi connectivity index (χ0v) is 40.7. The van der Waals surface area contributed by atoms with Crippen LogP contribution in [0.1, 0.15) is 201 Å². The molecule has 0 spiro atoms. The summed E-state index contributed by atoms with van der Waals surface area (Å²) in [5, 5.41) is 12.2. The number of nitrogens with one attached hydrogen (secondary N) is 4. The second kappa shape index (κ2) is 35.8. The lowest BCUT2D eigenvalue weighted by Crippen LogP contribution is -2.47. The number of ether oxygens (including phenoxy) is 3. The Morgan fingerprint density at radius 3 is 1.77 bits per heavy atom. The highest BCUT2D eigenvalue weighted by Crippen LogP contribution is 2.42. The molecular weight excluding hydrogens is 777 g/mol. The first-order valence-corrected chi connectivity index (χ1v) is 25.3. The third-order valence-electron chi connectivity index (χ3n) is 12.9. The molecule has 0 fully saturated rings. The van der Waals surface area contributed by atoms with E-state index in [0.29, 0.717) is 77.2 Å². The van der Waals surface area contributed by atoms with Crippen molar-refractivity contribution in [3.8, 4) is 0 Å². The van der Waals surface area contributed by atoms with E-state index < -0.39 is 6.04 Å². The number of hydrogen-bond acceptors (Lipinski definition) is 7. The Bertz CT molecular complexity index is 1310. The van der Waals surface area contributed by atoms with Gasteiger partial charge in [-0.05, 0) is 148 Å². The lowest BCUT2D eigenvalue weighted by molar-refractivity contribution is -0.129. The minimum atomic E-state index is -0.588. The Kier molecular flexibility index (Phi) is 32.1. The molecule has 0 radical (unpaired) electrons. The van der Waals surface area contributed by atoms with Crippen LogP contribution in [0, 0.1) is 5.41 Å². The van der Waals surface area contributed by atoms with Crippen LogP contribution in [0.25, 0.3) is 0 Å². The van der Waals surface area contributed by atoms with Gasteiger partial charge in [-0.15, -0.1) is 0 Å². The summed E-state index contributed by atoms with van der Waals surface area (Å²) in [5.41, 5.74) is 8.11. The minimum absolute atomic E-state index is 0.0657. The highest BCUT2D eigenvalue weighted by molar-refractivity contribution is 5.87. The Labute approximate surface area is 379 Å². The van der Waals surface area contributed by atoms with E-state index in [9.17, 15) is 14.4 Å². The number of hydrogen-bond donors (Lipinski definition) is 4. The Morgan fingerprint density at radius 2 is 1.15 bits per heavy atom. The van der Waals surface area contributed by atoms with Crippen molar-refractivity contribution >= 4 is 17.7 Å². The van der Waals surface area contributed by atoms with Crippen molar-refractivity contribution in [1.82, 2.24) is 21.3 Å². The largest absolute Gasteiger partial charge is 0.379 e. The third-order valence-corrected chi connectivity index (χ3v) is 12.9. The lowest BCUT2D eigenvalue weighted by Gasteiger charge is -2.34. The summed E-state index contributed by atoms with van der Waals surface area (Å²) < 4.78 is 16.8. The predicted octanol–water partition coefficient (Wildman–Crippen LogP) is 10.7. The molecule has 1 atom stereocenters. The number of carbonyl (C=O) groups is 3. The van der Waals surface area contributed by atoms with Crippen molar-refractivity contribution in [2.75, 3.05) is 66.3 Å². The van der Waals surface area contributed by atoms with Crippen LogP contribution < -0.4 is 21.3 Å². The van der Waals surface area contributed by atoms with Gasteiger partial charge in [-0.1, -0.05) is 94.1 Å². The molecule has 0 aromatic carbocycles. The van der Waals surface area contributed by atoms with Crippen molar-refractivity contribution in [2.45, 2.75) is 207 Å². The fourth-order valence-corrected chi connectivity index (χ4v) is 9.10. The second-order valence-electron chi connectivity index (χ2n) is 18.9. The Hall–Kier alpha value is -2.53. The first kappa shape index (κ1) is 55.6. The summed E-state index contributed by atoms with van der Waals surface area (Å²) in [6.07, 6.45) is 28.2. The number of carbonyl (C=O) groups excluding carboxylic acids is 3. The lowest BCUT2D eigenvalue weighted by atomic mass is 9.71. The fourth-order valence-electron chi connectivity index (χ4n) is 9.10. The molecule has 0 heterocycles. The standard InChI is InChI=1S/C52H94N4O6/c1-43-25-21-26-44(2)46(43)28-15-11-7-9-14-18-32-50(58)56-48(51(59)55-36-24-38-61-40-42-62-41-39-60-37-23-34-53-6)30-19-20-35-54-49(57)31-17-13-10-8-12-16-29-47-45(3)27-22-33-52(47,4)5/h48,53H,1,7-42H2,2-6H3,(H,54,57)(H,55,59)(H,56,58)/t48-/m0/s1. The van der Waals surface area contributed by atoms with Gasteiger partial charge in [0.2, 0.25) is 17.7 Å². The molecule has 2 aliphatic carbocycles. The number of allylic oxidation sites excluding steroid dienone is 5. The molecule has 0 bridgehead atoms. The second-order valence-corrected chi connectivity index (χ2v) is 18.9. The average molecular weight is 871 g/mol. The van der Waals surface area contributed by atoms with Crippen LogP contribution in [-0.4, -0.2) is 90.1 Å². The SMILES string of the molecule is C=C1CCCC(C)=C1CCCCCCCCC(=O)N[C@@H](CCCCNC(=O)CCCCCCCCC1=C(C)CCCC1(C)C)C(=O)NCCCOCCOCCOCCCNC. The van der Waals surface area contributed by atoms with E-state index in [-0.39, 0.29) is 17.7 Å². The molecule has 62 heavy (non-hydrogen) atoms. The average Bonchev–Trinajstić information content (AvgIpc) is 3.23. The van der Waals surface area contributed by atoms with Crippen LogP contribution in [-0.2, 0) is 28.6 Å². The van der Waals surface area contributed by atoms with Gasteiger partial charge in [-0.3, -0.25) is 14.4 Å². The van der Waals surface area contributed by atoms with Gasteiger partial charge in [0.15, 0.2) is 0 Å². The van der Waals surface area contributed by atoms with Gasteiger partial charge in [0.05, 0.1) is 26.4 Å². The third kappa shape index (κ3) is 26.9. The highest BCUT2D eigenvalue weighted by Gasteiger charge is 2.27. The van der Waals surface area contributed by atoms with Crippen LogP contribution in [0.4, 0.5) is 0 Å². The van der Waals surface area contributed by atoms with Crippen molar-refractivity contribution < 1.29 is 28.6 Å². The first-order chi connectivity index (χ1) is 30.0. The molecule has 0 saturated heterocycles. The summed E-state index contributed by atoms with van der Waals surface area (Å²) in [5.74, 6) is -0.115. The van der Waals surface area contributed by atoms with Crippen LogP contribution in [0.2, 0.25) is 0 Å². The van der Waals surface area contributed by atoms with Crippen LogP contribution in [0.15, 0.2) is 34.4 Å². The van der Waals surface area contributed by atoms with Crippen molar-refractivity contribution in [1.29, 1.82) is 0 Å². The molecule has 0 saturated carbocycles. The van der Waals surface area contributed by atoms with Gasteiger partial charge in [0, 0.05) is 39.1 Å². The molecule has 358 valence electrons. The van der Waals surface area contributed by atoms with E-state index in [0.717, 1.165) is 77.4 Å². The summed E-state index contributed by atoms with van der Waals surface area (Å²) in [7, 11) is 1.93. The summed E-state index contributed by atoms with van der Waals surface area (Å²) in [6, 6.07) is -0.588. The monoisotopic (exact) mass is 871 g/mol. The smallest absolute Gasteiger partial charge is 0.242 e. The fraction of sp³-hybridized carbons (Fsp3) is 0.827. The molecule has 4 N–H and O–H groups in total. The molecule has 0 unspecified atom stereocenters. The van der Waals surface area contributed by atoms with Crippen molar-refractivity contribution in [3.05, 3.63) is 34.4 Å². The first-order valence-electron chi connectivity index (χ1n) is 25.3. The molecular formula is C52H94N4O6. The van der Waals surface area contributed by atoms with E-state index in [2.05, 4.69) is 55.5 Å². The van der Waals surface area contributed by atoms with Gasteiger partial charge < -0.3 is 35.5 Å². The van der Waals surface area contributed by atoms with E-state index in [1.807, 2.05) is 7.05 Å². The maximum Gasteiger partial charge on any atom is 0.242 e. The number of rotatable bonds is 39. The minimum Gasteiger partial charge on any atom is -0.379 e. The van der Waals surface area contributed by atoms with Crippen LogP contribution in [0.3, 0.4) is 0 Å². The quantitative estimate of drug-likeness (QED) is 0.0358. The normalized spacial score (nSPS) is 15.9. The Balaban J connectivity index is 1.61. The topological polar surface area (TPSA) is 127 Å². The van der Waals surface area contributed by atoms with Gasteiger partial charge in [0.1, 0.15) is 6.04 Å². The van der Waals surface area contributed by atoms with Gasteiger partial charge >= 0.3 is 0 Å². The summed E-state index contributed by atoms with van der Waals surface area (Å²) >= 11 is 0. The van der Waals surface area contributed by atoms with E-state index in [1.54, 1.807) is 11.1 Å². The van der Waals surface area contributed by atoms with E-state index in [1.165, 1.54) is 100 Å². The van der Waals surface area contributed by atoms with E-state index in [4.69, 9.17) is 14.2 Å². The van der Waals surface area contributed by atoms with Gasteiger partial charge in [-0.25, -0.2) is 0 Å². The summed E-state index contributed by atoms with van der Waals surface area (Å²) in [4.78, 5) is 38.8. The Morgan fingerprint density at radius 1 is 0.597 bits per heavy atom. The number of unbranched alkanes of at least 4 members (excludes halogenated alkanes) is 11. The zero-order chi connectivity index (χ0) is 45.1. The molecule has 2 aliphatic rings. The molecule has 0 aliphatic heterocycles. The molecule has 0 aromatic heterocycles. The zero-order valence-electron chi connectivity index (χ0n) is 40.7. The molecule has 2 rings (SSSR count). The highest BCUT2D eigenvalue weighted by atomic mass is 16.5. The molecule has 10 nitrogen and oxygen atoms in total. The van der Waals surface area contributed by atoms with Crippen LogP contribution >= 0.6 is 0 Å². The maximum absolute atomic E-state index is 13.3. The van der Waals surface area contributed by atoms with Gasteiger partial charge in [0.25, 0.3) is 0 Å². The predicted molar refractivity (Wildman–Crippen MR) is 257 cm³/mol. The summed E-state index contributed by atoms with van der Waals surface area (Å²) in [6.45, 7) is 19.1.